The monoisotopic (exact) mass is 474 g/mol. The molecule has 0 bridgehead atoms. The zero-order valence-corrected chi connectivity index (χ0v) is 19.0. The average molecular weight is 474 g/mol. The fourth-order valence-corrected chi connectivity index (χ4v) is 3.84. The second-order valence-corrected chi connectivity index (χ2v) is 8.02. The van der Waals surface area contributed by atoms with E-state index in [9.17, 15) is 19.2 Å². The fraction of sp³-hybridized carbons (Fsp3) is 0.160. The van der Waals surface area contributed by atoms with Gasteiger partial charge in [-0.25, -0.2) is 14.3 Å². The molecule has 0 radical (unpaired) electrons. The maximum Gasteiger partial charge on any atom is 0.335 e. The number of allylic oxidation sites excluding steroid dienone is 1. The Hall–Kier alpha value is -4.73. The predicted molar refractivity (Wildman–Crippen MR) is 128 cm³/mol. The number of amides is 1. The summed E-state index contributed by atoms with van der Waals surface area (Å²) in [4.78, 5) is 47.9. The summed E-state index contributed by atoms with van der Waals surface area (Å²) in [5.74, 6) is -2.43. The van der Waals surface area contributed by atoms with Gasteiger partial charge in [-0.05, 0) is 75.2 Å². The molecule has 0 aliphatic carbocycles. The van der Waals surface area contributed by atoms with Crippen molar-refractivity contribution < 1.29 is 24.6 Å². The SMILES string of the molecule is CC1=NN(c2ccc(C(=O)O)cc2)C(=O)/C1=C\CCc1c(C)[nH]n(-c2ccc(C(=O)O)cc2)c1=O. The topological polar surface area (TPSA) is 145 Å². The number of anilines is 1. The van der Waals surface area contributed by atoms with Crippen LogP contribution in [0.5, 0.6) is 0 Å². The first-order valence-corrected chi connectivity index (χ1v) is 10.7. The van der Waals surface area contributed by atoms with Gasteiger partial charge in [0, 0.05) is 11.3 Å². The second kappa shape index (κ2) is 9.26. The van der Waals surface area contributed by atoms with Gasteiger partial charge in [-0.15, -0.1) is 0 Å². The Morgan fingerprint density at radius 2 is 1.46 bits per heavy atom. The molecule has 0 unspecified atom stereocenters. The lowest BCUT2D eigenvalue weighted by Crippen LogP contribution is -2.21. The quantitative estimate of drug-likeness (QED) is 0.449. The minimum absolute atomic E-state index is 0.113. The number of carbonyl (C=O) groups is 3. The third-order valence-corrected chi connectivity index (χ3v) is 5.73. The molecule has 1 aliphatic rings. The number of aromatic carboxylic acids is 2. The van der Waals surface area contributed by atoms with E-state index in [4.69, 9.17) is 10.2 Å². The van der Waals surface area contributed by atoms with E-state index in [0.717, 1.165) is 0 Å². The molecule has 0 atom stereocenters. The molecule has 3 N–H and O–H groups in total. The highest BCUT2D eigenvalue weighted by molar-refractivity contribution is 6.29. The Kier molecular flexibility index (Phi) is 6.20. The van der Waals surface area contributed by atoms with Crippen LogP contribution in [0, 0.1) is 6.92 Å². The van der Waals surface area contributed by atoms with Crippen LogP contribution in [0.3, 0.4) is 0 Å². The van der Waals surface area contributed by atoms with Crippen LogP contribution in [0.1, 0.15) is 45.3 Å². The van der Waals surface area contributed by atoms with Crippen LogP contribution < -0.4 is 10.6 Å². The van der Waals surface area contributed by atoms with Crippen molar-refractivity contribution in [3.8, 4) is 5.69 Å². The molecule has 1 aromatic heterocycles. The summed E-state index contributed by atoms with van der Waals surface area (Å²) in [6.07, 6.45) is 2.55. The number of hydrogen-bond acceptors (Lipinski definition) is 5. The summed E-state index contributed by atoms with van der Waals surface area (Å²) in [7, 11) is 0. The Bertz CT molecular complexity index is 1440. The number of nitrogens with one attached hydrogen (secondary N) is 1. The summed E-state index contributed by atoms with van der Waals surface area (Å²) in [6, 6.07) is 11.8. The highest BCUT2D eigenvalue weighted by atomic mass is 16.4. The van der Waals surface area contributed by atoms with Crippen LogP contribution in [0.4, 0.5) is 5.69 Å². The first-order valence-electron chi connectivity index (χ1n) is 10.7. The number of nitrogens with zero attached hydrogens (tertiary/aromatic N) is 3. The zero-order chi connectivity index (χ0) is 25.3. The second-order valence-electron chi connectivity index (χ2n) is 8.02. The number of carboxylic acids is 2. The molecular formula is C25H22N4O6. The number of aryl methyl sites for hydroxylation is 1. The summed E-state index contributed by atoms with van der Waals surface area (Å²) < 4.78 is 1.36. The van der Waals surface area contributed by atoms with Gasteiger partial charge < -0.3 is 10.2 Å². The molecule has 10 nitrogen and oxygen atoms in total. The Labute approximate surface area is 199 Å². The highest BCUT2D eigenvalue weighted by Crippen LogP contribution is 2.24. The lowest BCUT2D eigenvalue weighted by Gasteiger charge is -2.11. The van der Waals surface area contributed by atoms with Crippen molar-refractivity contribution in [2.45, 2.75) is 26.7 Å². The lowest BCUT2D eigenvalue weighted by atomic mass is 10.1. The number of hydrazone groups is 1. The van der Waals surface area contributed by atoms with Crippen LogP contribution in [0.15, 0.2) is 70.1 Å². The van der Waals surface area contributed by atoms with Crippen molar-refractivity contribution in [2.75, 3.05) is 5.01 Å². The van der Waals surface area contributed by atoms with Crippen LogP contribution in [-0.4, -0.2) is 43.6 Å². The van der Waals surface area contributed by atoms with E-state index >= 15 is 0 Å². The first kappa shape index (κ1) is 23.4. The van der Waals surface area contributed by atoms with E-state index in [1.165, 1.54) is 46.1 Å². The summed E-state index contributed by atoms with van der Waals surface area (Å²) in [6.45, 7) is 3.49. The zero-order valence-electron chi connectivity index (χ0n) is 19.0. The molecule has 2 aromatic carbocycles. The number of carboxylic acid groups (broad SMARTS) is 2. The Morgan fingerprint density at radius 1 is 0.914 bits per heavy atom. The molecule has 3 aromatic rings. The Balaban J connectivity index is 1.49. The van der Waals surface area contributed by atoms with Crippen molar-refractivity contribution in [1.29, 1.82) is 0 Å². The summed E-state index contributed by atoms with van der Waals surface area (Å²) in [5.41, 5.74) is 3.16. The van der Waals surface area contributed by atoms with E-state index in [0.29, 0.717) is 46.8 Å². The number of aromatic nitrogens is 2. The number of rotatable bonds is 7. The summed E-state index contributed by atoms with van der Waals surface area (Å²) >= 11 is 0. The minimum Gasteiger partial charge on any atom is -0.478 e. The van der Waals surface area contributed by atoms with Gasteiger partial charge in [-0.2, -0.15) is 10.1 Å². The van der Waals surface area contributed by atoms with Gasteiger partial charge in [0.1, 0.15) is 0 Å². The number of aromatic amines is 1. The van der Waals surface area contributed by atoms with E-state index in [1.807, 2.05) is 0 Å². The third-order valence-electron chi connectivity index (χ3n) is 5.73. The van der Waals surface area contributed by atoms with Gasteiger partial charge in [-0.3, -0.25) is 14.7 Å². The number of H-pyrrole nitrogens is 1. The molecule has 178 valence electrons. The number of hydrogen-bond donors (Lipinski definition) is 3. The summed E-state index contributed by atoms with van der Waals surface area (Å²) in [5, 5.41) is 26.6. The van der Waals surface area contributed by atoms with Gasteiger partial charge >= 0.3 is 11.9 Å². The molecule has 0 spiro atoms. The van der Waals surface area contributed by atoms with Crippen molar-refractivity contribution in [3.63, 3.8) is 0 Å². The normalized spacial score (nSPS) is 14.5. The predicted octanol–water partition coefficient (Wildman–Crippen LogP) is 3.15. The maximum atomic E-state index is 12.9. The van der Waals surface area contributed by atoms with E-state index < -0.39 is 11.9 Å². The van der Waals surface area contributed by atoms with Gasteiger partial charge in [0.05, 0.1) is 33.8 Å². The van der Waals surface area contributed by atoms with Gasteiger partial charge in [-0.1, -0.05) is 6.08 Å². The molecule has 4 rings (SSSR count). The maximum absolute atomic E-state index is 12.9. The largest absolute Gasteiger partial charge is 0.478 e. The molecule has 0 fully saturated rings. The first-order chi connectivity index (χ1) is 16.7. The van der Waals surface area contributed by atoms with Crippen molar-refractivity contribution in [1.82, 2.24) is 9.78 Å². The number of benzene rings is 2. The third kappa shape index (κ3) is 4.54. The standard InChI is InChI=1S/C25H22N4O6/c1-14-20(22(30)28(26-14)18-10-6-16(7-11-18)24(32)33)4-3-5-21-15(2)27-29(23(21)31)19-12-8-17(9-13-19)25(34)35/h4,6-13,27H,3,5H2,1-2H3,(H,32,33)(H,34,35)/b20-4-. The van der Waals surface area contributed by atoms with Gasteiger partial charge in [0.2, 0.25) is 0 Å². The average Bonchev–Trinajstić information content (AvgIpc) is 3.28. The van der Waals surface area contributed by atoms with Crippen LogP contribution in [0.25, 0.3) is 5.69 Å². The van der Waals surface area contributed by atoms with E-state index in [-0.39, 0.29) is 22.6 Å². The molecule has 1 amide bonds. The molecular weight excluding hydrogens is 452 g/mol. The fourth-order valence-electron chi connectivity index (χ4n) is 3.84. The molecule has 10 heteroatoms. The van der Waals surface area contributed by atoms with Crippen LogP contribution >= 0.6 is 0 Å². The van der Waals surface area contributed by atoms with E-state index in [1.54, 1.807) is 32.1 Å². The smallest absolute Gasteiger partial charge is 0.335 e. The minimum atomic E-state index is -1.05. The molecule has 35 heavy (non-hydrogen) atoms. The highest BCUT2D eigenvalue weighted by Gasteiger charge is 2.28. The number of carbonyl (C=O) groups excluding carboxylic acids is 1. The lowest BCUT2D eigenvalue weighted by molar-refractivity contribution is -0.114. The van der Waals surface area contributed by atoms with Crippen molar-refractivity contribution >= 4 is 29.2 Å². The van der Waals surface area contributed by atoms with Gasteiger partial charge in [0.25, 0.3) is 11.5 Å². The van der Waals surface area contributed by atoms with Crippen LogP contribution in [0.2, 0.25) is 0 Å². The van der Waals surface area contributed by atoms with Crippen LogP contribution in [-0.2, 0) is 11.2 Å². The molecule has 0 saturated heterocycles. The Morgan fingerprint density at radius 3 is 2.00 bits per heavy atom. The molecule has 1 aliphatic heterocycles. The van der Waals surface area contributed by atoms with Crippen molar-refractivity contribution in [2.24, 2.45) is 5.10 Å². The van der Waals surface area contributed by atoms with E-state index in [2.05, 4.69) is 10.2 Å². The van der Waals surface area contributed by atoms with Gasteiger partial charge in [0.15, 0.2) is 0 Å². The molecule has 2 heterocycles. The van der Waals surface area contributed by atoms with Crippen molar-refractivity contribution in [3.05, 3.63) is 92.9 Å². The molecule has 0 saturated carbocycles.